The first kappa shape index (κ1) is 15.5. The number of halogens is 1. The van der Waals surface area contributed by atoms with Gasteiger partial charge in [-0.1, -0.05) is 26.3 Å². The summed E-state index contributed by atoms with van der Waals surface area (Å²) in [6.45, 7) is 3.96. The van der Waals surface area contributed by atoms with Crippen LogP contribution in [0.2, 0.25) is 0 Å². The van der Waals surface area contributed by atoms with Crippen molar-refractivity contribution in [3.8, 4) is 5.75 Å². The van der Waals surface area contributed by atoms with Crippen molar-refractivity contribution in [2.24, 2.45) is 0 Å². The molecule has 1 atom stereocenters. The predicted molar refractivity (Wildman–Crippen MR) is 71.9 cm³/mol. The van der Waals surface area contributed by atoms with Crippen LogP contribution in [0.5, 0.6) is 5.75 Å². The van der Waals surface area contributed by atoms with E-state index in [-0.39, 0.29) is 12.4 Å². The summed E-state index contributed by atoms with van der Waals surface area (Å²) in [7, 11) is 1.27. The second-order valence-corrected chi connectivity index (χ2v) is 4.45. The number of rotatable bonds is 7. The first-order chi connectivity index (χ1) is 9.12. The van der Waals surface area contributed by atoms with Crippen LogP contribution in [-0.4, -0.2) is 19.7 Å². The van der Waals surface area contributed by atoms with Crippen molar-refractivity contribution in [2.45, 2.75) is 39.0 Å². The van der Waals surface area contributed by atoms with Gasteiger partial charge in [0.05, 0.1) is 7.11 Å². The highest BCUT2D eigenvalue weighted by Crippen LogP contribution is 2.29. The fourth-order valence-electron chi connectivity index (χ4n) is 2.04. The molecular weight excluding hydrogens is 247 g/mol. The van der Waals surface area contributed by atoms with Gasteiger partial charge < -0.3 is 9.47 Å². The zero-order valence-electron chi connectivity index (χ0n) is 11.7. The maximum atomic E-state index is 13.6. The lowest BCUT2D eigenvalue weighted by Gasteiger charge is -2.16. The molecule has 1 rings (SSSR count). The van der Waals surface area contributed by atoms with E-state index in [1.165, 1.54) is 13.2 Å². The fraction of sp³-hybridized carbons (Fsp3) is 0.533. The average molecular weight is 268 g/mol. The van der Waals surface area contributed by atoms with Crippen LogP contribution in [0.15, 0.2) is 18.2 Å². The molecule has 3 nitrogen and oxygen atoms in total. The molecule has 0 heterocycles. The van der Waals surface area contributed by atoms with Gasteiger partial charge in [-0.2, -0.15) is 0 Å². The summed E-state index contributed by atoms with van der Waals surface area (Å²) in [6.07, 6.45) is 3.13. The zero-order valence-corrected chi connectivity index (χ0v) is 11.7. The zero-order chi connectivity index (χ0) is 14.3. The Labute approximate surface area is 113 Å². The van der Waals surface area contributed by atoms with Gasteiger partial charge in [0, 0.05) is 0 Å². The maximum absolute atomic E-state index is 13.6. The summed E-state index contributed by atoms with van der Waals surface area (Å²) in [6, 6.07) is 4.85. The summed E-state index contributed by atoms with van der Waals surface area (Å²) < 4.78 is 23.2. The number of carbonyl (C=O) groups is 1. The minimum Gasteiger partial charge on any atom is -0.479 e. The summed E-state index contributed by atoms with van der Waals surface area (Å²) in [5.74, 6) is -0.479. The first-order valence-corrected chi connectivity index (χ1v) is 6.61. The van der Waals surface area contributed by atoms with Gasteiger partial charge in [-0.25, -0.2) is 9.18 Å². The Balaban J connectivity index is 2.83. The van der Waals surface area contributed by atoms with Gasteiger partial charge in [-0.05, 0) is 36.5 Å². The van der Waals surface area contributed by atoms with Crippen LogP contribution in [0, 0.1) is 5.82 Å². The van der Waals surface area contributed by atoms with Crippen LogP contribution in [0.3, 0.4) is 0 Å². The number of methoxy groups -OCH3 is 1. The molecular formula is C15H21FO3. The molecule has 0 amide bonds. The van der Waals surface area contributed by atoms with Gasteiger partial charge in [0.25, 0.3) is 0 Å². The second kappa shape index (κ2) is 7.77. The quantitative estimate of drug-likeness (QED) is 0.708. The molecule has 0 N–H and O–H groups in total. The topological polar surface area (TPSA) is 35.5 Å². The maximum Gasteiger partial charge on any atom is 0.343 e. The van der Waals surface area contributed by atoms with Crippen LogP contribution >= 0.6 is 0 Å². The van der Waals surface area contributed by atoms with Gasteiger partial charge in [0.15, 0.2) is 18.2 Å². The molecule has 1 unspecified atom stereocenters. The van der Waals surface area contributed by atoms with E-state index in [1.807, 2.05) is 0 Å². The highest BCUT2D eigenvalue weighted by Gasteiger charge is 2.13. The van der Waals surface area contributed by atoms with E-state index in [2.05, 4.69) is 18.6 Å². The lowest BCUT2D eigenvalue weighted by atomic mass is 9.92. The Kier molecular flexibility index (Phi) is 6.33. The third-order valence-electron chi connectivity index (χ3n) is 3.13. The minimum absolute atomic E-state index is 0.109. The Morgan fingerprint density at radius 3 is 2.68 bits per heavy atom. The largest absolute Gasteiger partial charge is 0.479 e. The normalized spacial score (nSPS) is 12.0. The molecule has 0 saturated heterocycles. The minimum atomic E-state index is -0.523. The van der Waals surface area contributed by atoms with Crippen LogP contribution < -0.4 is 4.74 Å². The van der Waals surface area contributed by atoms with E-state index in [0.717, 1.165) is 24.8 Å². The monoisotopic (exact) mass is 268 g/mol. The van der Waals surface area contributed by atoms with E-state index in [0.29, 0.717) is 5.92 Å². The molecule has 1 aromatic carbocycles. The molecule has 0 fully saturated rings. The molecule has 0 aromatic heterocycles. The summed E-state index contributed by atoms with van der Waals surface area (Å²) in [4.78, 5) is 11.0. The predicted octanol–water partition coefficient (Wildman–Crippen LogP) is 3.67. The lowest BCUT2D eigenvalue weighted by molar-refractivity contribution is -0.142. The average Bonchev–Trinajstić information content (AvgIpc) is 2.43. The Morgan fingerprint density at radius 2 is 2.11 bits per heavy atom. The van der Waals surface area contributed by atoms with Gasteiger partial charge in [-0.3, -0.25) is 0 Å². The van der Waals surface area contributed by atoms with Crippen LogP contribution in [0.1, 0.15) is 44.6 Å². The van der Waals surface area contributed by atoms with Crippen molar-refractivity contribution < 1.29 is 18.7 Å². The van der Waals surface area contributed by atoms with Crippen molar-refractivity contribution in [2.75, 3.05) is 13.7 Å². The van der Waals surface area contributed by atoms with Crippen molar-refractivity contribution in [1.29, 1.82) is 0 Å². The van der Waals surface area contributed by atoms with Gasteiger partial charge in [0.2, 0.25) is 0 Å². The molecule has 19 heavy (non-hydrogen) atoms. The molecule has 0 aliphatic heterocycles. The van der Waals surface area contributed by atoms with Crippen molar-refractivity contribution in [1.82, 2.24) is 0 Å². The summed E-state index contributed by atoms with van der Waals surface area (Å²) in [5, 5.41) is 0. The Morgan fingerprint density at radius 1 is 1.37 bits per heavy atom. The van der Waals surface area contributed by atoms with E-state index in [9.17, 15) is 9.18 Å². The number of esters is 1. The number of hydrogen-bond acceptors (Lipinski definition) is 3. The molecule has 0 saturated carbocycles. The van der Waals surface area contributed by atoms with E-state index in [4.69, 9.17) is 4.74 Å². The van der Waals surface area contributed by atoms with Crippen LogP contribution in [-0.2, 0) is 9.53 Å². The number of carbonyl (C=O) groups excluding carboxylic acids is 1. The summed E-state index contributed by atoms with van der Waals surface area (Å²) >= 11 is 0. The number of ether oxygens (including phenoxy) is 2. The van der Waals surface area contributed by atoms with Gasteiger partial charge in [-0.15, -0.1) is 0 Å². The Bertz CT molecular complexity index is 418. The SMILES string of the molecule is CCCC(CC)c1ccc(F)c(OCC(=O)OC)c1. The number of hydrogen-bond donors (Lipinski definition) is 0. The van der Waals surface area contributed by atoms with Crippen molar-refractivity contribution in [3.05, 3.63) is 29.6 Å². The van der Waals surface area contributed by atoms with Crippen molar-refractivity contribution >= 4 is 5.97 Å². The highest BCUT2D eigenvalue weighted by molar-refractivity contribution is 5.70. The molecule has 0 bridgehead atoms. The van der Waals surface area contributed by atoms with Crippen LogP contribution in [0.4, 0.5) is 4.39 Å². The Hall–Kier alpha value is -1.58. The third kappa shape index (κ3) is 4.54. The molecule has 0 aliphatic rings. The van der Waals surface area contributed by atoms with E-state index < -0.39 is 11.8 Å². The standard InChI is InChI=1S/C15H21FO3/c1-4-6-11(5-2)12-7-8-13(16)14(9-12)19-10-15(17)18-3/h7-9,11H,4-6,10H2,1-3H3. The van der Waals surface area contributed by atoms with Crippen molar-refractivity contribution in [3.63, 3.8) is 0 Å². The molecule has 0 spiro atoms. The highest BCUT2D eigenvalue weighted by atomic mass is 19.1. The smallest absolute Gasteiger partial charge is 0.343 e. The summed E-state index contributed by atoms with van der Waals surface area (Å²) in [5.41, 5.74) is 1.05. The van der Waals surface area contributed by atoms with Gasteiger partial charge in [0.1, 0.15) is 0 Å². The third-order valence-corrected chi connectivity index (χ3v) is 3.13. The molecule has 0 radical (unpaired) electrons. The first-order valence-electron chi connectivity index (χ1n) is 6.61. The fourth-order valence-corrected chi connectivity index (χ4v) is 2.04. The number of benzene rings is 1. The molecule has 0 aliphatic carbocycles. The van der Waals surface area contributed by atoms with Gasteiger partial charge >= 0.3 is 5.97 Å². The van der Waals surface area contributed by atoms with Crippen LogP contribution in [0.25, 0.3) is 0 Å². The van der Waals surface area contributed by atoms with E-state index in [1.54, 1.807) is 12.1 Å². The molecule has 1 aromatic rings. The molecule has 106 valence electrons. The lowest BCUT2D eigenvalue weighted by Crippen LogP contribution is -2.13. The molecule has 4 heteroatoms. The van der Waals surface area contributed by atoms with E-state index >= 15 is 0 Å². The second-order valence-electron chi connectivity index (χ2n) is 4.45.